The van der Waals surface area contributed by atoms with Gasteiger partial charge in [-0.3, -0.25) is 0 Å². The van der Waals surface area contributed by atoms with E-state index in [1.165, 1.54) is 37.7 Å². The first-order valence-electron chi connectivity index (χ1n) is 6.69. The Morgan fingerprint density at radius 1 is 1.24 bits per heavy atom. The number of hydrogen-bond acceptors (Lipinski definition) is 1. The zero-order valence-corrected chi connectivity index (χ0v) is 10.6. The van der Waals surface area contributed by atoms with Gasteiger partial charge in [-0.25, -0.2) is 4.39 Å². The average Bonchev–Trinajstić information content (AvgIpc) is 2.84. The SMILES string of the molecule is CNC(Cc1ccc(F)cc1)CC1CCCC1. The highest BCUT2D eigenvalue weighted by molar-refractivity contribution is 5.17. The Labute approximate surface area is 103 Å². The molecule has 17 heavy (non-hydrogen) atoms. The van der Waals surface area contributed by atoms with Crippen LogP contribution in [0, 0.1) is 11.7 Å². The Hall–Kier alpha value is -0.890. The molecule has 0 aliphatic heterocycles. The molecule has 0 radical (unpaired) electrons. The molecular weight excluding hydrogens is 213 g/mol. The molecule has 2 heteroatoms. The maximum Gasteiger partial charge on any atom is 0.123 e. The van der Waals surface area contributed by atoms with Crippen molar-refractivity contribution in [1.29, 1.82) is 0 Å². The van der Waals surface area contributed by atoms with Crippen LogP contribution in [0.25, 0.3) is 0 Å². The lowest BCUT2D eigenvalue weighted by Gasteiger charge is -2.20. The predicted octanol–water partition coefficient (Wildman–Crippen LogP) is 3.54. The van der Waals surface area contributed by atoms with Crippen LogP contribution in [-0.4, -0.2) is 13.1 Å². The normalized spacial score (nSPS) is 18.5. The second-order valence-corrected chi connectivity index (χ2v) is 5.20. The molecular formula is C15H22FN. The molecule has 1 aromatic rings. The standard InChI is InChI=1S/C15H22FN/c1-17-15(10-12-4-2-3-5-12)11-13-6-8-14(16)9-7-13/h6-9,12,15,17H,2-5,10-11H2,1H3. The highest BCUT2D eigenvalue weighted by atomic mass is 19.1. The molecule has 1 aliphatic rings. The summed E-state index contributed by atoms with van der Waals surface area (Å²) in [7, 11) is 2.03. The van der Waals surface area contributed by atoms with E-state index in [2.05, 4.69) is 5.32 Å². The van der Waals surface area contributed by atoms with Gasteiger partial charge in [-0.15, -0.1) is 0 Å². The van der Waals surface area contributed by atoms with E-state index in [0.29, 0.717) is 6.04 Å². The number of hydrogen-bond donors (Lipinski definition) is 1. The van der Waals surface area contributed by atoms with Crippen LogP contribution in [0.5, 0.6) is 0 Å². The molecule has 0 saturated heterocycles. The quantitative estimate of drug-likeness (QED) is 0.823. The summed E-state index contributed by atoms with van der Waals surface area (Å²) < 4.78 is 12.8. The summed E-state index contributed by atoms with van der Waals surface area (Å²) in [5.74, 6) is 0.749. The third kappa shape index (κ3) is 3.81. The van der Waals surface area contributed by atoms with Gasteiger partial charge in [0.25, 0.3) is 0 Å². The van der Waals surface area contributed by atoms with Gasteiger partial charge in [-0.1, -0.05) is 37.8 Å². The van der Waals surface area contributed by atoms with Crippen molar-refractivity contribution in [2.24, 2.45) is 5.92 Å². The second kappa shape index (κ2) is 6.15. The topological polar surface area (TPSA) is 12.0 Å². The highest BCUT2D eigenvalue weighted by Crippen LogP contribution is 2.29. The fourth-order valence-electron chi connectivity index (χ4n) is 2.86. The molecule has 1 N–H and O–H groups in total. The lowest BCUT2D eigenvalue weighted by molar-refractivity contribution is 0.402. The molecule has 1 unspecified atom stereocenters. The molecule has 1 atom stereocenters. The lowest BCUT2D eigenvalue weighted by atomic mass is 9.94. The minimum Gasteiger partial charge on any atom is -0.317 e. The van der Waals surface area contributed by atoms with Crippen molar-refractivity contribution in [3.8, 4) is 0 Å². The molecule has 1 aliphatic carbocycles. The minimum absolute atomic E-state index is 0.148. The van der Waals surface area contributed by atoms with Gasteiger partial charge in [0.15, 0.2) is 0 Å². The van der Waals surface area contributed by atoms with E-state index in [0.717, 1.165) is 12.3 Å². The van der Waals surface area contributed by atoms with E-state index in [-0.39, 0.29) is 5.82 Å². The molecule has 0 aromatic heterocycles. The van der Waals surface area contributed by atoms with Crippen LogP contribution >= 0.6 is 0 Å². The second-order valence-electron chi connectivity index (χ2n) is 5.20. The maximum atomic E-state index is 12.8. The molecule has 0 amide bonds. The minimum atomic E-state index is -0.148. The van der Waals surface area contributed by atoms with Crippen LogP contribution < -0.4 is 5.32 Å². The van der Waals surface area contributed by atoms with Crippen molar-refractivity contribution in [3.63, 3.8) is 0 Å². The summed E-state index contributed by atoms with van der Waals surface area (Å²) in [4.78, 5) is 0. The Kier molecular flexibility index (Phi) is 4.55. The molecule has 1 aromatic carbocycles. The molecule has 0 spiro atoms. The molecule has 0 heterocycles. The zero-order chi connectivity index (χ0) is 12.1. The Morgan fingerprint density at radius 3 is 2.47 bits per heavy atom. The van der Waals surface area contributed by atoms with E-state index >= 15 is 0 Å². The third-order valence-electron chi connectivity index (χ3n) is 3.90. The fraction of sp³-hybridized carbons (Fsp3) is 0.600. The third-order valence-corrected chi connectivity index (χ3v) is 3.90. The van der Waals surface area contributed by atoms with Gasteiger partial charge in [0.05, 0.1) is 0 Å². The number of nitrogens with one attached hydrogen (secondary N) is 1. The van der Waals surface area contributed by atoms with Crippen LogP contribution in [0.4, 0.5) is 4.39 Å². The first-order chi connectivity index (χ1) is 8.28. The number of benzene rings is 1. The summed E-state index contributed by atoms with van der Waals surface area (Å²) in [6, 6.07) is 7.43. The Morgan fingerprint density at radius 2 is 1.88 bits per heavy atom. The van der Waals surface area contributed by atoms with Crippen LogP contribution in [-0.2, 0) is 6.42 Å². The number of halogens is 1. The lowest BCUT2D eigenvalue weighted by Crippen LogP contribution is -2.29. The first kappa shape index (κ1) is 12.6. The van der Waals surface area contributed by atoms with Crippen LogP contribution in [0.3, 0.4) is 0 Å². The van der Waals surface area contributed by atoms with Gasteiger partial charge in [-0.05, 0) is 43.5 Å². The largest absolute Gasteiger partial charge is 0.317 e. The van der Waals surface area contributed by atoms with Crippen molar-refractivity contribution < 1.29 is 4.39 Å². The Balaban J connectivity index is 1.87. The summed E-state index contributed by atoms with van der Waals surface area (Å²) in [5.41, 5.74) is 1.23. The smallest absolute Gasteiger partial charge is 0.123 e. The Bertz CT molecular complexity index is 327. The molecule has 1 nitrogen and oxygen atoms in total. The number of rotatable bonds is 5. The number of likely N-dealkylation sites (N-methyl/N-ethyl adjacent to an activating group) is 1. The maximum absolute atomic E-state index is 12.8. The first-order valence-corrected chi connectivity index (χ1v) is 6.69. The zero-order valence-electron chi connectivity index (χ0n) is 10.6. The monoisotopic (exact) mass is 235 g/mol. The predicted molar refractivity (Wildman–Crippen MR) is 69.5 cm³/mol. The summed E-state index contributed by atoms with van der Waals surface area (Å²) in [6.45, 7) is 0. The molecule has 1 saturated carbocycles. The van der Waals surface area contributed by atoms with Crippen LogP contribution in [0.15, 0.2) is 24.3 Å². The summed E-state index contributed by atoms with van der Waals surface area (Å²) >= 11 is 0. The van der Waals surface area contributed by atoms with Crippen LogP contribution in [0.1, 0.15) is 37.7 Å². The van der Waals surface area contributed by atoms with Gasteiger partial charge in [0.1, 0.15) is 5.82 Å². The average molecular weight is 235 g/mol. The van der Waals surface area contributed by atoms with Crippen molar-refractivity contribution in [2.45, 2.75) is 44.6 Å². The van der Waals surface area contributed by atoms with E-state index in [1.807, 2.05) is 19.2 Å². The van der Waals surface area contributed by atoms with Gasteiger partial charge in [0.2, 0.25) is 0 Å². The fourth-order valence-corrected chi connectivity index (χ4v) is 2.86. The van der Waals surface area contributed by atoms with Gasteiger partial charge >= 0.3 is 0 Å². The van der Waals surface area contributed by atoms with Gasteiger partial charge in [0, 0.05) is 6.04 Å². The van der Waals surface area contributed by atoms with E-state index in [9.17, 15) is 4.39 Å². The summed E-state index contributed by atoms with van der Waals surface area (Å²) in [6.07, 6.45) is 7.85. The highest BCUT2D eigenvalue weighted by Gasteiger charge is 2.19. The van der Waals surface area contributed by atoms with Crippen LogP contribution in [0.2, 0.25) is 0 Å². The molecule has 2 rings (SSSR count). The van der Waals surface area contributed by atoms with E-state index in [1.54, 1.807) is 12.1 Å². The molecule has 1 fully saturated rings. The van der Waals surface area contributed by atoms with Crippen molar-refractivity contribution in [3.05, 3.63) is 35.6 Å². The van der Waals surface area contributed by atoms with Crippen molar-refractivity contribution in [2.75, 3.05) is 7.05 Å². The van der Waals surface area contributed by atoms with E-state index in [4.69, 9.17) is 0 Å². The van der Waals surface area contributed by atoms with Crippen molar-refractivity contribution >= 4 is 0 Å². The van der Waals surface area contributed by atoms with Gasteiger partial charge < -0.3 is 5.32 Å². The summed E-state index contributed by atoms with van der Waals surface area (Å²) in [5, 5.41) is 3.40. The van der Waals surface area contributed by atoms with E-state index < -0.39 is 0 Å². The van der Waals surface area contributed by atoms with Gasteiger partial charge in [-0.2, -0.15) is 0 Å². The molecule has 0 bridgehead atoms. The van der Waals surface area contributed by atoms with Crippen molar-refractivity contribution in [1.82, 2.24) is 5.32 Å². The molecule has 94 valence electrons.